The standard InChI is InChI=1S/C17H26N2O3S/c1-12(19-23(20,21)16-5-7-18-8-6-16)9-14-3-4-17-15(11-14)10-13(2)22-17/h3-4,11-13,16,18-19H,5-10H2,1-2H3/t12-,13?/m1/s1. The molecule has 0 saturated carbocycles. The molecule has 1 saturated heterocycles. The fourth-order valence-corrected chi connectivity index (χ4v) is 5.17. The summed E-state index contributed by atoms with van der Waals surface area (Å²) in [6.45, 7) is 5.56. The zero-order valence-electron chi connectivity index (χ0n) is 13.8. The summed E-state index contributed by atoms with van der Waals surface area (Å²) < 4.78 is 33.5. The van der Waals surface area contributed by atoms with E-state index in [1.54, 1.807) is 0 Å². The van der Waals surface area contributed by atoms with Crippen molar-refractivity contribution < 1.29 is 13.2 Å². The van der Waals surface area contributed by atoms with Crippen LogP contribution < -0.4 is 14.8 Å². The van der Waals surface area contributed by atoms with Crippen LogP contribution in [0.3, 0.4) is 0 Å². The fourth-order valence-electron chi connectivity index (χ4n) is 3.48. The Kier molecular flexibility index (Phi) is 4.94. The number of sulfonamides is 1. The minimum atomic E-state index is -3.24. The van der Waals surface area contributed by atoms with E-state index in [9.17, 15) is 8.42 Å². The van der Waals surface area contributed by atoms with Crippen LogP contribution in [-0.4, -0.2) is 38.9 Å². The highest BCUT2D eigenvalue weighted by atomic mass is 32.2. The summed E-state index contributed by atoms with van der Waals surface area (Å²) in [5, 5.41) is 2.94. The number of rotatable bonds is 5. The van der Waals surface area contributed by atoms with Crippen molar-refractivity contribution >= 4 is 10.0 Å². The van der Waals surface area contributed by atoms with Crippen molar-refractivity contribution in [3.8, 4) is 5.75 Å². The van der Waals surface area contributed by atoms with Crippen LogP contribution in [0.2, 0.25) is 0 Å². The van der Waals surface area contributed by atoms with Crippen molar-refractivity contribution in [2.24, 2.45) is 0 Å². The number of piperidine rings is 1. The number of benzene rings is 1. The fraction of sp³-hybridized carbons (Fsp3) is 0.647. The molecule has 128 valence electrons. The normalized spacial score (nSPS) is 23.3. The highest BCUT2D eigenvalue weighted by Gasteiger charge is 2.28. The molecule has 0 amide bonds. The van der Waals surface area contributed by atoms with Gasteiger partial charge in [0.15, 0.2) is 0 Å². The zero-order chi connectivity index (χ0) is 16.4. The monoisotopic (exact) mass is 338 g/mol. The van der Waals surface area contributed by atoms with Gasteiger partial charge >= 0.3 is 0 Å². The topological polar surface area (TPSA) is 67.4 Å². The first-order valence-electron chi connectivity index (χ1n) is 8.44. The van der Waals surface area contributed by atoms with Crippen LogP contribution in [0.25, 0.3) is 0 Å². The summed E-state index contributed by atoms with van der Waals surface area (Å²) in [5.41, 5.74) is 2.38. The van der Waals surface area contributed by atoms with Gasteiger partial charge in [-0.25, -0.2) is 13.1 Å². The Morgan fingerprint density at radius 2 is 2.09 bits per heavy atom. The van der Waals surface area contributed by atoms with Crippen molar-refractivity contribution in [1.29, 1.82) is 0 Å². The van der Waals surface area contributed by atoms with Gasteiger partial charge in [0.2, 0.25) is 10.0 Å². The van der Waals surface area contributed by atoms with Crippen LogP contribution in [0.5, 0.6) is 5.75 Å². The van der Waals surface area contributed by atoms with Gasteiger partial charge < -0.3 is 10.1 Å². The van der Waals surface area contributed by atoms with Gasteiger partial charge in [-0.15, -0.1) is 0 Å². The molecular formula is C17H26N2O3S. The maximum absolute atomic E-state index is 12.5. The van der Waals surface area contributed by atoms with Gasteiger partial charge in [-0.05, 0) is 63.4 Å². The van der Waals surface area contributed by atoms with E-state index >= 15 is 0 Å². The third kappa shape index (κ3) is 4.05. The van der Waals surface area contributed by atoms with Crippen LogP contribution >= 0.6 is 0 Å². The minimum Gasteiger partial charge on any atom is -0.490 e. The van der Waals surface area contributed by atoms with Crippen LogP contribution in [0.4, 0.5) is 0 Å². The Balaban J connectivity index is 1.61. The van der Waals surface area contributed by atoms with Gasteiger partial charge in [-0.2, -0.15) is 0 Å². The van der Waals surface area contributed by atoms with Crippen LogP contribution in [0.1, 0.15) is 37.8 Å². The lowest BCUT2D eigenvalue weighted by molar-refractivity contribution is 0.254. The summed E-state index contributed by atoms with van der Waals surface area (Å²) >= 11 is 0. The van der Waals surface area contributed by atoms with Gasteiger partial charge in [-0.1, -0.05) is 12.1 Å². The Morgan fingerprint density at radius 3 is 2.83 bits per heavy atom. The molecule has 0 spiro atoms. The van der Waals surface area contributed by atoms with Crippen molar-refractivity contribution in [3.05, 3.63) is 29.3 Å². The first-order chi connectivity index (χ1) is 10.9. The van der Waals surface area contributed by atoms with E-state index in [1.807, 2.05) is 19.1 Å². The molecule has 0 aliphatic carbocycles. The molecule has 1 fully saturated rings. The molecule has 2 heterocycles. The average Bonchev–Trinajstić information content (AvgIpc) is 2.87. The van der Waals surface area contributed by atoms with Gasteiger partial charge in [0, 0.05) is 12.5 Å². The first-order valence-corrected chi connectivity index (χ1v) is 9.99. The highest BCUT2D eigenvalue weighted by molar-refractivity contribution is 7.90. The average molecular weight is 338 g/mol. The molecule has 6 heteroatoms. The molecule has 5 nitrogen and oxygen atoms in total. The first kappa shape index (κ1) is 16.7. The Bertz CT molecular complexity index is 654. The number of hydrogen-bond acceptors (Lipinski definition) is 4. The zero-order valence-corrected chi connectivity index (χ0v) is 14.7. The predicted octanol–water partition coefficient (Wildman–Crippen LogP) is 1.61. The SMILES string of the molecule is CC1Cc2cc(C[C@@H](C)NS(=O)(=O)C3CCNCC3)ccc2O1. The minimum absolute atomic E-state index is 0.104. The Morgan fingerprint density at radius 1 is 1.35 bits per heavy atom. The Hall–Kier alpha value is -1.11. The molecule has 0 radical (unpaired) electrons. The summed E-state index contributed by atoms with van der Waals surface area (Å²) in [6, 6.07) is 6.08. The van der Waals surface area contributed by atoms with Crippen LogP contribution in [0, 0.1) is 0 Å². The molecule has 1 aromatic rings. The lowest BCUT2D eigenvalue weighted by Crippen LogP contribution is -2.45. The van der Waals surface area contributed by atoms with Gasteiger partial charge in [0.25, 0.3) is 0 Å². The van der Waals surface area contributed by atoms with Gasteiger partial charge in [0.1, 0.15) is 11.9 Å². The second kappa shape index (κ2) is 6.79. The quantitative estimate of drug-likeness (QED) is 0.856. The van der Waals surface area contributed by atoms with Crippen molar-refractivity contribution in [1.82, 2.24) is 10.0 Å². The number of nitrogens with one attached hydrogen (secondary N) is 2. The van der Waals surface area contributed by atoms with E-state index in [4.69, 9.17) is 4.74 Å². The lowest BCUT2D eigenvalue weighted by atomic mass is 10.0. The molecule has 1 aromatic carbocycles. The summed E-state index contributed by atoms with van der Waals surface area (Å²) in [6.07, 6.45) is 3.24. The van der Waals surface area contributed by atoms with Gasteiger partial charge in [-0.3, -0.25) is 0 Å². The lowest BCUT2D eigenvalue weighted by Gasteiger charge is -2.25. The van der Waals surface area contributed by atoms with Crippen molar-refractivity contribution in [3.63, 3.8) is 0 Å². The molecular weight excluding hydrogens is 312 g/mol. The van der Waals surface area contributed by atoms with E-state index in [1.165, 1.54) is 5.56 Å². The molecule has 1 unspecified atom stereocenters. The van der Waals surface area contributed by atoms with E-state index in [0.717, 1.165) is 30.8 Å². The Labute approximate surface area is 138 Å². The molecule has 0 aromatic heterocycles. The smallest absolute Gasteiger partial charge is 0.214 e. The van der Waals surface area contributed by atoms with Gasteiger partial charge in [0.05, 0.1) is 5.25 Å². The number of ether oxygens (including phenoxy) is 1. The number of hydrogen-bond donors (Lipinski definition) is 2. The molecule has 2 N–H and O–H groups in total. The second-order valence-corrected chi connectivity index (χ2v) is 8.78. The van der Waals surface area contributed by atoms with E-state index in [0.29, 0.717) is 19.3 Å². The summed E-state index contributed by atoms with van der Waals surface area (Å²) in [5.74, 6) is 0.962. The molecule has 2 aliphatic heterocycles. The third-order valence-electron chi connectivity index (χ3n) is 4.59. The maximum atomic E-state index is 12.5. The van der Waals surface area contributed by atoms with Crippen LogP contribution in [0.15, 0.2) is 18.2 Å². The predicted molar refractivity (Wildman–Crippen MR) is 91.3 cm³/mol. The van der Waals surface area contributed by atoms with Crippen molar-refractivity contribution in [2.75, 3.05) is 13.1 Å². The molecule has 3 rings (SSSR count). The van der Waals surface area contributed by atoms with E-state index in [-0.39, 0.29) is 17.4 Å². The van der Waals surface area contributed by atoms with E-state index < -0.39 is 10.0 Å². The molecule has 2 aliphatic rings. The number of fused-ring (bicyclic) bond motifs is 1. The molecule has 0 bridgehead atoms. The van der Waals surface area contributed by atoms with E-state index in [2.05, 4.69) is 23.0 Å². The molecule has 2 atom stereocenters. The second-order valence-electron chi connectivity index (χ2n) is 6.79. The third-order valence-corrected chi connectivity index (χ3v) is 6.67. The largest absolute Gasteiger partial charge is 0.490 e. The van der Waals surface area contributed by atoms with Crippen molar-refractivity contribution in [2.45, 2.75) is 56.9 Å². The summed E-state index contributed by atoms with van der Waals surface area (Å²) in [7, 11) is -3.24. The molecule has 23 heavy (non-hydrogen) atoms. The highest BCUT2D eigenvalue weighted by Crippen LogP contribution is 2.29. The summed E-state index contributed by atoms with van der Waals surface area (Å²) in [4.78, 5) is 0. The van der Waals surface area contributed by atoms with Crippen LogP contribution in [-0.2, 0) is 22.9 Å². The maximum Gasteiger partial charge on any atom is 0.214 e.